The van der Waals surface area contributed by atoms with Crippen LogP contribution in [0.3, 0.4) is 0 Å². The first kappa shape index (κ1) is 15.9. The molecule has 0 aromatic heterocycles. The molecule has 0 saturated heterocycles. The molecule has 4 nitrogen and oxygen atoms in total. The molecule has 22 heavy (non-hydrogen) atoms. The van der Waals surface area contributed by atoms with Crippen molar-refractivity contribution < 1.29 is 4.74 Å². The van der Waals surface area contributed by atoms with Crippen LogP contribution in [0.1, 0.15) is 17.5 Å². The Hall–Kier alpha value is -2.51. The second-order valence-corrected chi connectivity index (χ2v) is 4.88. The van der Waals surface area contributed by atoms with Crippen LogP contribution < -0.4 is 10.2 Å². The number of hydrogen-bond donors (Lipinski definition) is 1. The molecule has 0 radical (unpaired) electrons. The van der Waals surface area contributed by atoms with Gasteiger partial charge in [-0.05, 0) is 29.8 Å². The summed E-state index contributed by atoms with van der Waals surface area (Å²) in [4.78, 5) is 0. The maximum Gasteiger partial charge on any atom is 0.156 e. The maximum absolute atomic E-state index is 8.43. The first-order valence-corrected chi connectivity index (χ1v) is 7.27. The summed E-state index contributed by atoms with van der Waals surface area (Å²) in [7, 11) is 0. The normalized spacial score (nSPS) is 10.8. The number of hydrogen-bond acceptors (Lipinski definition) is 4. The van der Waals surface area contributed by atoms with E-state index in [9.17, 15) is 0 Å². The van der Waals surface area contributed by atoms with Gasteiger partial charge in [-0.15, -0.1) is 0 Å². The van der Waals surface area contributed by atoms with E-state index in [1.54, 1.807) is 0 Å². The van der Waals surface area contributed by atoms with Crippen molar-refractivity contribution in [1.82, 2.24) is 5.43 Å². The number of rotatable bonds is 7. The Balaban J connectivity index is 1.88. The van der Waals surface area contributed by atoms with Crippen LogP contribution in [0, 0.1) is 11.3 Å². The molecule has 0 atom stereocenters. The fourth-order valence-corrected chi connectivity index (χ4v) is 1.92. The van der Waals surface area contributed by atoms with Gasteiger partial charge in [-0.2, -0.15) is 10.4 Å². The molecule has 112 valence electrons. The predicted molar refractivity (Wildman–Crippen MR) is 87.8 cm³/mol. The summed E-state index contributed by atoms with van der Waals surface area (Å²) in [5.41, 5.74) is 4.66. The highest BCUT2D eigenvalue weighted by Crippen LogP contribution is 2.15. The molecular weight excluding hydrogens is 298 g/mol. The van der Waals surface area contributed by atoms with Crippen LogP contribution in [0.4, 0.5) is 0 Å². The highest BCUT2D eigenvalue weighted by atomic mass is 35.5. The van der Waals surface area contributed by atoms with E-state index in [1.165, 1.54) is 0 Å². The Bertz CT molecular complexity index is 648. The lowest BCUT2D eigenvalue weighted by Crippen LogP contribution is -2.09. The van der Waals surface area contributed by atoms with E-state index in [-0.39, 0.29) is 0 Å². The minimum absolute atomic E-state index is 0.354. The average molecular weight is 314 g/mol. The molecule has 0 saturated carbocycles. The highest BCUT2D eigenvalue weighted by Gasteiger charge is 2.01. The molecule has 0 heterocycles. The molecule has 5 heteroatoms. The van der Waals surface area contributed by atoms with E-state index in [0.717, 1.165) is 16.9 Å². The van der Waals surface area contributed by atoms with E-state index >= 15 is 0 Å². The van der Waals surface area contributed by atoms with Crippen molar-refractivity contribution in [3.63, 3.8) is 0 Å². The van der Waals surface area contributed by atoms with Gasteiger partial charge in [0.25, 0.3) is 0 Å². The number of nitriles is 1. The van der Waals surface area contributed by atoms with Gasteiger partial charge < -0.3 is 10.2 Å². The Morgan fingerprint density at radius 1 is 1.14 bits per heavy atom. The van der Waals surface area contributed by atoms with Crippen molar-refractivity contribution in [1.29, 1.82) is 5.26 Å². The molecule has 2 aromatic rings. The van der Waals surface area contributed by atoms with Gasteiger partial charge in [0.1, 0.15) is 12.4 Å². The van der Waals surface area contributed by atoms with E-state index in [1.807, 2.05) is 60.7 Å². The van der Waals surface area contributed by atoms with E-state index in [0.29, 0.717) is 24.7 Å². The minimum Gasteiger partial charge on any atom is -0.489 e. The summed E-state index contributed by atoms with van der Waals surface area (Å²) in [6, 6.07) is 19.4. The molecule has 0 aliphatic heterocycles. The number of hydrazone groups is 1. The highest BCUT2D eigenvalue weighted by molar-refractivity contribution is 6.69. The molecule has 0 bridgehead atoms. The number of ether oxygens (including phenoxy) is 1. The zero-order chi connectivity index (χ0) is 15.6. The molecule has 2 aromatic carbocycles. The second kappa shape index (κ2) is 8.71. The van der Waals surface area contributed by atoms with Crippen molar-refractivity contribution in [2.24, 2.45) is 5.10 Å². The molecule has 1 N–H and O–H groups in total. The largest absolute Gasteiger partial charge is 0.489 e. The van der Waals surface area contributed by atoms with Gasteiger partial charge in [0, 0.05) is 12.1 Å². The summed E-state index contributed by atoms with van der Waals surface area (Å²) < 4.78 is 5.71. The van der Waals surface area contributed by atoms with Crippen molar-refractivity contribution >= 4 is 16.8 Å². The van der Waals surface area contributed by atoms with Gasteiger partial charge in [0.05, 0.1) is 12.5 Å². The van der Waals surface area contributed by atoms with Crippen LogP contribution in [0.25, 0.3) is 0 Å². The van der Waals surface area contributed by atoms with Gasteiger partial charge in [-0.25, -0.2) is 0 Å². The average Bonchev–Trinajstić information content (AvgIpc) is 2.58. The maximum atomic E-state index is 8.43. The molecular formula is C17H16ClN3O. The van der Waals surface area contributed by atoms with Gasteiger partial charge >= 0.3 is 0 Å². The third-order valence-corrected chi connectivity index (χ3v) is 3.17. The standard InChI is InChI=1S/C17H16ClN3O/c18-17(21-20-12-4-11-19)15-7-9-16(10-8-15)22-13-14-5-2-1-3-6-14/h1-3,5-10,20H,4,12-13H2. The monoisotopic (exact) mass is 313 g/mol. The Kier molecular flexibility index (Phi) is 6.28. The lowest BCUT2D eigenvalue weighted by molar-refractivity contribution is 0.306. The van der Waals surface area contributed by atoms with Crippen LogP contribution >= 0.6 is 11.6 Å². The molecule has 2 rings (SSSR count). The Morgan fingerprint density at radius 2 is 1.86 bits per heavy atom. The zero-order valence-electron chi connectivity index (χ0n) is 12.0. The Morgan fingerprint density at radius 3 is 2.55 bits per heavy atom. The van der Waals surface area contributed by atoms with Crippen LogP contribution in [-0.2, 0) is 6.61 Å². The number of nitrogens with one attached hydrogen (secondary N) is 1. The minimum atomic E-state index is 0.354. The van der Waals surface area contributed by atoms with E-state index in [2.05, 4.69) is 10.5 Å². The number of nitrogens with zero attached hydrogens (tertiary/aromatic N) is 2. The predicted octanol–water partition coefficient (Wildman–Crippen LogP) is 3.67. The summed E-state index contributed by atoms with van der Waals surface area (Å²) in [6.45, 7) is 1.00. The third kappa shape index (κ3) is 5.12. The quantitative estimate of drug-likeness (QED) is 0.482. The smallest absolute Gasteiger partial charge is 0.156 e. The summed E-state index contributed by atoms with van der Waals surface area (Å²) in [6.07, 6.45) is 0.389. The summed E-state index contributed by atoms with van der Waals surface area (Å²) in [5, 5.41) is 12.8. The topological polar surface area (TPSA) is 57.4 Å². The van der Waals surface area contributed by atoms with Crippen LogP contribution in [-0.4, -0.2) is 11.7 Å². The fraction of sp³-hybridized carbons (Fsp3) is 0.176. The molecule has 0 aliphatic rings. The van der Waals surface area contributed by atoms with Crippen molar-refractivity contribution in [3.8, 4) is 11.8 Å². The van der Waals surface area contributed by atoms with E-state index < -0.39 is 0 Å². The van der Waals surface area contributed by atoms with Gasteiger partial charge in [0.2, 0.25) is 0 Å². The summed E-state index contributed by atoms with van der Waals surface area (Å²) in [5.74, 6) is 0.773. The fourth-order valence-electron chi connectivity index (χ4n) is 1.73. The van der Waals surface area contributed by atoms with Gasteiger partial charge in [-0.1, -0.05) is 41.9 Å². The SMILES string of the molecule is N#CCCNN=C(Cl)c1ccc(OCc2ccccc2)cc1. The number of benzene rings is 2. The first-order valence-electron chi connectivity index (χ1n) is 6.90. The van der Waals surface area contributed by atoms with Crippen molar-refractivity contribution in [3.05, 3.63) is 65.7 Å². The zero-order valence-corrected chi connectivity index (χ0v) is 12.8. The van der Waals surface area contributed by atoms with Crippen molar-refractivity contribution in [2.75, 3.05) is 6.54 Å². The van der Waals surface area contributed by atoms with Gasteiger partial charge in [0.15, 0.2) is 5.17 Å². The lowest BCUT2D eigenvalue weighted by atomic mass is 10.2. The van der Waals surface area contributed by atoms with E-state index in [4.69, 9.17) is 21.6 Å². The van der Waals surface area contributed by atoms with Crippen LogP contribution in [0.5, 0.6) is 5.75 Å². The molecule has 0 spiro atoms. The van der Waals surface area contributed by atoms with Crippen LogP contribution in [0.2, 0.25) is 0 Å². The molecule has 0 unspecified atom stereocenters. The van der Waals surface area contributed by atoms with Crippen molar-refractivity contribution in [2.45, 2.75) is 13.0 Å². The van der Waals surface area contributed by atoms with Crippen LogP contribution in [0.15, 0.2) is 59.7 Å². The molecule has 0 aliphatic carbocycles. The lowest BCUT2D eigenvalue weighted by Gasteiger charge is -2.07. The second-order valence-electron chi connectivity index (χ2n) is 4.52. The first-order chi connectivity index (χ1) is 10.8. The molecule has 0 fully saturated rings. The molecule has 0 amide bonds. The third-order valence-electron chi connectivity index (χ3n) is 2.87. The number of halogens is 1. The summed E-state index contributed by atoms with van der Waals surface area (Å²) >= 11 is 6.07. The van der Waals surface area contributed by atoms with Gasteiger partial charge in [-0.3, -0.25) is 0 Å². The Labute approximate surface area is 135 Å².